The molecule has 1 amide bonds. The SMILES string of the molecule is CSc1n[n+]2c(c(=O)[nH]1)-c1cc(Br)ccc1N(C(C)=O)[C@@H]2c1ccc(Br)o1. The van der Waals surface area contributed by atoms with Crippen molar-refractivity contribution in [2.45, 2.75) is 18.2 Å². The Labute approximate surface area is 175 Å². The van der Waals surface area contributed by atoms with Crippen LogP contribution in [0.5, 0.6) is 0 Å². The summed E-state index contributed by atoms with van der Waals surface area (Å²) < 4.78 is 8.62. The third-order valence-electron chi connectivity index (χ3n) is 4.19. The average Bonchev–Trinajstić information content (AvgIpc) is 3.05. The van der Waals surface area contributed by atoms with Crippen LogP contribution in [-0.2, 0) is 4.79 Å². The number of amides is 1. The van der Waals surface area contributed by atoms with E-state index in [1.807, 2.05) is 12.3 Å². The van der Waals surface area contributed by atoms with Gasteiger partial charge in [0, 0.05) is 16.5 Å². The summed E-state index contributed by atoms with van der Waals surface area (Å²) in [6.07, 6.45) is 1.10. The molecule has 0 bridgehead atoms. The molecule has 3 heterocycles. The minimum atomic E-state index is -0.717. The highest BCUT2D eigenvalue weighted by Crippen LogP contribution is 2.39. The van der Waals surface area contributed by atoms with Crippen LogP contribution in [0.15, 0.2) is 53.8 Å². The smallest absolute Gasteiger partial charge is 0.325 e. The van der Waals surface area contributed by atoms with E-state index in [2.05, 4.69) is 41.9 Å². The van der Waals surface area contributed by atoms with Crippen LogP contribution in [-0.4, -0.2) is 22.2 Å². The number of hydrogen-bond donors (Lipinski definition) is 1. The van der Waals surface area contributed by atoms with E-state index in [-0.39, 0.29) is 11.5 Å². The molecular weight excluding hydrogens is 500 g/mol. The first-order valence-electron chi connectivity index (χ1n) is 7.86. The number of H-pyrrole nitrogens is 1. The second-order valence-electron chi connectivity index (χ2n) is 5.82. The lowest BCUT2D eigenvalue weighted by Crippen LogP contribution is -2.60. The highest BCUT2D eigenvalue weighted by Gasteiger charge is 2.46. The van der Waals surface area contributed by atoms with E-state index >= 15 is 0 Å². The fraction of sp³-hybridized carbons (Fsp3) is 0.176. The summed E-state index contributed by atoms with van der Waals surface area (Å²) >= 11 is 8.05. The summed E-state index contributed by atoms with van der Waals surface area (Å²) in [6, 6.07) is 8.94. The van der Waals surface area contributed by atoms with Gasteiger partial charge in [-0.15, -0.1) is 0 Å². The lowest BCUT2D eigenvalue weighted by atomic mass is 10.0. The number of carbonyl (C=O) groups is 1. The molecule has 4 rings (SSSR count). The molecule has 1 aromatic carbocycles. The summed E-state index contributed by atoms with van der Waals surface area (Å²) in [5.41, 5.74) is 1.31. The van der Waals surface area contributed by atoms with Crippen molar-refractivity contribution in [1.29, 1.82) is 0 Å². The van der Waals surface area contributed by atoms with Gasteiger partial charge in [-0.2, -0.15) is 0 Å². The molecule has 3 aromatic rings. The summed E-state index contributed by atoms with van der Waals surface area (Å²) in [7, 11) is 0. The Morgan fingerprint density at radius 3 is 2.74 bits per heavy atom. The van der Waals surface area contributed by atoms with Gasteiger partial charge in [0.2, 0.25) is 11.1 Å². The Balaban J connectivity index is 2.11. The predicted octanol–water partition coefficient (Wildman–Crippen LogP) is 3.48. The second kappa shape index (κ2) is 6.92. The molecule has 1 aliphatic heterocycles. The molecule has 1 atom stereocenters. The first kappa shape index (κ1) is 18.5. The number of hydrogen-bond acceptors (Lipinski definition) is 5. The number of furan rings is 1. The molecule has 0 aliphatic carbocycles. The van der Waals surface area contributed by atoms with Crippen molar-refractivity contribution < 1.29 is 13.9 Å². The number of aromatic amines is 1. The summed E-state index contributed by atoms with van der Waals surface area (Å²) in [4.78, 5) is 29.9. The number of nitrogens with zero attached hydrogens (tertiary/aromatic N) is 3. The average molecular weight is 513 g/mol. The highest BCUT2D eigenvalue weighted by atomic mass is 79.9. The number of rotatable bonds is 2. The maximum absolute atomic E-state index is 12.9. The van der Waals surface area contributed by atoms with Gasteiger partial charge in [-0.3, -0.25) is 14.6 Å². The molecule has 0 fully saturated rings. The van der Waals surface area contributed by atoms with Crippen LogP contribution < -0.4 is 15.1 Å². The minimum Gasteiger partial charge on any atom is -0.445 e. The summed E-state index contributed by atoms with van der Waals surface area (Å²) in [6.45, 7) is 1.48. The van der Waals surface area contributed by atoms with E-state index in [4.69, 9.17) is 4.42 Å². The van der Waals surface area contributed by atoms with Crippen molar-refractivity contribution in [2.24, 2.45) is 0 Å². The largest absolute Gasteiger partial charge is 0.445 e. The van der Waals surface area contributed by atoms with Crippen molar-refractivity contribution in [3.8, 4) is 11.3 Å². The second-order valence-corrected chi connectivity index (χ2v) is 8.31. The third kappa shape index (κ3) is 3.05. The molecule has 1 aliphatic rings. The van der Waals surface area contributed by atoms with E-state index in [0.717, 1.165) is 4.47 Å². The van der Waals surface area contributed by atoms with Crippen LogP contribution in [0.1, 0.15) is 18.8 Å². The zero-order valence-electron chi connectivity index (χ0n) is 14.2. The molecule has 1 N–H and O–H groups in total. The molecule has 2 aromatic heterocycles. The fourth-order valence-corrected chi connectivity index (χ4v) is 4.20. The summed E-state index contributed by atoms with van der Waals surface area (Å²) in [5.74, 6) is 0.295. The number of carbonyl (C=O) groups excluding carboxylic acids is 1. The number of anilines is 1. The van der Waals surface area contributed by atoms with Gasteiger partial charge < -0.3 is 4.42 Å². The monoisotopic (exact) mass is 511 g/mol. The number of aromatic nitrogens is 3. The van der Waals surface area contributed by atoms with Crippen molar-refractivity contribution in [3.63, 3.8) is 0 Å². The van der Waals surface area contributed by atoms with Crippen LogP contribution >= 0.6 is 43.6 Å². The van der Waals surface area contributed by atoms with Gasteiger partial charge in [0.15, 0.2) is 10.4 Å². The standard InChI is InChI=1S/C17H12Br2N4O3S/c1-8(24)22-11-4-3-9(18)7-10(11)14-15(25)20-17(27-2)21-23(14)16(22)12-5-6-13(19)26-12/h3-7,16H,1-2H3/p+1/t16-/m0/s1. The third-order valence-corrected chi connectivity index (χ3v) is 5.68. The first-order chi connectivity index (χ1) is 12.9. The van der Waals surface area contributed by atoms with Crippen LogP contribution in [0.4, 0.5) is 5.69 Å². The molecule has 0 saturated carbocycles. The van der Waals surface area contributed by atoms with Gasteiger partial charge in [0.05, 0.1) is 11.3 Å². The van der Waals surface area contributed by atoms with Crippen LogP contribution in [0, 0.1) is 0 Å². The lowest BCUT2D eigenvalue weighted by Gasteiger charge is -2.30. The van der Waals surface area contributed by atoms with E-state index in [1.54, 1.807) is 33.8 Å². The Morgan fingerprint density at radius 2 is 2.11 bits per heavy atom. The van der Waals surface area contributed by atoms with E-state index in [0.29, 0.717) is 32.5 Å². The predicted molar refractivity (Wildman–Crippen MR) is 108 cm³/mol. The van der Waals surface area contributed by atoms with Crippen LogP contribution in [0.25, 0.3) is 11.3 Å². The van der Waals surface area contributed by atoms with Crippen LogP contribution in [0.3, 0.4) is 0 Å². The molecule has 0 saturated heterocycles. The zero-order valence-corrected chi connectivity index (χ0v) is 18.2. The molecule has 0 radical (unpaired) electrons. The normalized spacial score (nSPS) is 15.4. The topological polar surface area (TPSA) is 83.1 Å². The van der Waals surface area contributed by atoms with Gasteiger partial charge in [-0.05, 0) is 57.2 Å². The number of halogens is 2. The highest BCUT2D eigenvalue weighted by molar-refractivity contribution is 9.10. The molecular formula is C17H13Br2N4O3S+. The van der Waals surface area contributed by atoms with E-state index < -0.39 is 6.17 Å². The number of nitrogens with one attached hydrogen (secondary N) is 1. The van der Waals surface area contributed by atoms with Gasteiger partial charge in [0.1, 0.15) is 0 Å². The molecule has 138 valence electrons. The maximum Gasteiger partial charge on any atom is 0.325 e. The number of thioether (sulfide) groups is 1. The maximum atomic E-state index is 12.9. The van der Waals surface area contributed by atoms with Crippen LogP contribution in [0.2, 0.25) is 0 Å². The minimum absolute atomic E-state index is 0.193. The van der Waals surface area contributed by atoms with Gasteiger partial charge in [0.25, 0.3) is 0 Å². The van der Waals surface area contributed by atoms with Crippen molar-refractivity contribution in [2.75, 3.05) is 11.2 Å². The molecule has 0 unspecified atom stereocenters. The first-order valence-corrected chi connectivity index (χ1v) is 10.7. The molecule has 10 heteroatoms. The Morgan fingerprint density at radius 1 is 1.33 bits per heavy atom. The number of benzene rings is 1. The van der Waals surface area contributed by atoms with E-state index in [9.17, 15) is 9.59 Å². The quantitative estimate of drug-likeness (QED) is 0.420. The van der Waals surface area contributed by atoms with Gasteiger partial charge >= 0.3 is 17.4 Å². The molecule has 7 nitrogen and oxygen atoms in total. The summed E-state index contributed by atoms with van der Waals surface area (Å²) in [5, 5.41) is 5.01. The van der Waals surface area contributed by atoms with Crippen molar-refractivity contribution in [3.05, 3.63) is 55.6 Å². The Hall–Kier alpha value is -1.91. The van der Waals surface area contributed by atoms with Crippen molar-refractivity contribution in [1.82, 2.24) is 10.1 Å². The lowest BCUT2D eigenvalue weighted by molar-refractivity contribution is -0.764. The zero-order chi connectivity index (χ0) is 19.3. The number of fused-ring (bicyclic) bond motifs is 3. The van der Waals surface area contributed by atoms with Gasteiger partial charge in [-0.25, -0.2) is 4.90 Å². The Kier molecular flexibility index (Phi) is 4.73. The fourth-order valence-electron chi connectivity index (χ4n) is 3.15. The van der Waals surface area contributed by atoms with Crippen molar-refractivity contribution >= 4 is 55.2 Å². The molecule has 0 spiro atoms. The molecule has 27 heavy (non-hydrogen) atoms. The van der Waals surface area contributed by atoms with E-state index in [1.165, 1.54) is 18.7 Å². The Bertz CT molecular complexity index is 1130. The van der Waals surface area contributed by atoms with Gasteiger partial charge in [-0.1, -0.05) is 27.7 Å².